The van der Waals surface area contributed by atoms with Crippen molar-refractivity contribution in [3.05, 3.63) is 96.3 Å². The molecule has 1 heterocycles. The molecule has 32 heavy (non-hydrogen) atoms. The Labute approximate surface area is 205 Å². The fraction of sp³-hybridized carbons (Fsp3) is 0.276. The van der Waals surface area contributed by atoms with E-state index >= 15 is 0 Å². The van der Waals surface area contributed by atoms with Gasteiger partial charge in [0.2, 0.25) is 0 Å². The number of hydrogen-bond donors (Lipinski definition) is 0. The van der Waals surface area contributed by atoms with Crippen LogP contribution in [0.3, 0.4) is 0 Å². The van der Waals surface area contributed by atoms with Gasteiger partial charge in [0, 0.05) is 43.7 Å². The Balaban J connectivity index is 0.00000245. The molecule has 0 bridgehead atoms. The van der Waals surface area contributed by atoms with Gasteiger partial charge < -0.3 is 4.57 Å². The summed E-state index contributed by atoms with van der Waals surface area (Å²) in [5.74, 6) is 0.922. The Kier molecular flexibility index (Phi) is 6.00. The summed E-state index contributed by atoms with van der Waals surface area (Å²) in [6.07, 6.45) is 6.36. The molecule has 2 nitrogen and oxygen atoms in total. The molecule has 165 valence electrons. The van der Waals surface area contributed by atoms with Crippen LogP contribution in [-0.4, -0.2) is 9.55 Å². The second-order valence-corrected chi connectivity index (χ2v) is 9.95. The SMILES string of the molecule is CC1(C)CCC(C)(C)c2cc(-n3ccnc3-c3[c-]cccc3)c(-c3ccccc3)cc21.[Ir]. The fourth-order valence-electron chi connectivity index (χ4n) is 4.88. The number of hydrogen-bond acceptors (Lipinski definition) is 1. The van der Waals surface area contributed by atoms with Crippen LogP contribution in [0.15, 0.2) is 79.1 Å². The first-order valence-corrected chi connectivity index (χ1v) is 11.1. The molecule has 0 amide bonds. The van der Waals surface area contributed by atoms with Crippen molar-refractivity contribution in [1.82, 2.24) is 9.55 Å². The molecule has 1 aliphatic carbocycles. The Morgan fingerprint density at radius 1 is 0.844 bits per heavy atom. The molecule has 0 fully saturated rings. The molecule has 0 saturated heterocycles. The topological polar surface area (TPSA) is 17.8 Å². The minimum atomic E-state index is 0. The summed E-state index contributed by atoms with van der Waals surface area (Å²) < 4.78 is 2.23. The molecule has 0 spiro atoms. The quantitative estimate of drug-likeness (QED) is 0.226. The molecule has 0 saturated carbocycles. The van der Waals surface area contributed by atoms with Crippen molar-refractivity contribution in [2.45, 2.75) is 51.4 Å². The van der Waals surface area contributed by atoms with Gasteiger partial charge in [-0.2, -0.15) is 0 Å². The van der Waals surface area contributed by atoms with Crippen LogP contribution in [0.2, 0.25) is 0 Å². The third-order valence-corrected chi connectivity index (χ3v) is 6.90. The van der Waals surface area contributed by atoms with Crippen molar-refractivity contribution in [1.29, 1.82) is 0 Å². The van der Waals surface area contributed by atoms with Crippen LogP contribution in [0.25, 0.3) is 28.2 Å². The number of nitrogens with zero attached hydrogens (tertiary/aromatic N) is 2. The standard InChI is InChI=1S/C29H29N2.Ir/c1-28(2)15-16-29(3,4)25-20-26(23(19-24(25)28)21-11-7-5-8-12-21)31-18-17-30-27(31)22-13-9-6-10-14-22;/h5-13,17-20H,15-16H2,1-4H3;/q-1;. The van der Waals surface area contributed by atoms with Crippen molar-refractivity contribution in [3.8, 4) is 28.2 Å². The van der Waals surface area contributed by atoms with Crippen molar-refractivity contribution < 1.29 is 20.1 Å². The summed E-state index contributed by atoms with van der Waals surface area (Å²) in [6.45, 7) is 9.54. The summed E-state index contributed by atoms with van der Waals surface area (Å²) in [5.41, 5.74) is 7.90. The summed E-state index contributed by atoms with van der Waals surface area (Å²) >= 11 is 0. The average molecular weight is 598 g/mol. The molecule has 0 N–H and O–H groups in total. The van der Waals surface area contributed by atoms with E-state index in [4.69, 9.17) is 4.98 Å². The zero-order valence-electron chi connectivity index (χ0n) is 19.1. The van der Waals surface area contributed by atoms with Gasteiger partial charge in [0.25, 0.3) is 0 Å². The van der Waals surface area contributed by atoms with Crippen LogP contribution in [0.4, 0.5) is 0 Å². The predicted octanol–water partition coefficient (Wildman–Crippen LogP) is 7.35. The summed E-state index contributed by atoms with van der Waals surface area (Å²) in [6, 6.07) is 27.0. The van der Waals surface area contributed by atoms with E-state index in [1.165, 1.54) is 40.8 Å². The monoisotopic (exact) mass is 598 g/mol. The van der Waals surface area contributed by atoms with Gasteiger partial charge in [-0.15, -0.1) is 35.9 Å². The molecule has 5 rings (SSSR count). The van der Waals surface area contributed by atoms with Gasteiger partial charge >= 0.3 is 0 Å². The molecule has 1 radical (unpaired) electrons. The Bertz CT molecular complexity index is 1220. The summed E-state index contributed by atoms with van der Waals surface area (Å²) in [5, 5.41) is 0. The summed E-state index contributed by atoms with van der Waals surface area (Å²) in [4.78, 5) is 4.71. The predicted molar refractivity (Wildman–Crippen MR) is 129 cm³/mol. The molecular weight excluding hydrogens is 569 g/mol. The maximum Gasteiger partial charge on any atom is 0.0602 e. The number of imidazole rings is 1. The molecular formula is C29H29IrN2-. The molecule has 1 aromatic heterocycles. The first-order valence-electron chi connectivity index (χ1n) is 11.1. The van der Waals surface area contributed by atoms with Crippen molar-refractivity contribution in [3.63, 3.8) is 0 Å². The number of benzene rings is 3. The van der Waals surface area contributed by atoms with Crippen LogP contribution in [0, 0.1) is 6.07 Å². The van der Waals surface area contributed by atoms with Crippen molar-refractivity contribution >= 4 is 0 Å². The smallest absolute Gasteiger partial charge is 0.0602 e. The third-order valence-electron chi connectivity index (χ3n) is 6.90. The van der Waals surface area contributed by atoms with Crippen LogP contribution in [0.5, 0.6) is 0 Å². The van der Waals surface area contributed by atoms with Crippen LogP contribution < -0.4 is 0 Å². The van der Waals surface area contributed by atoms with Gasteiger partial charge in [-0.3, -0.25) is 4.98 Å². The molecule has 0 aliphatic heterocycles. The van der Waals surface area contributed by atoms with E-state index in [2.05, 4.69) is 93.1 Å². The van der Waals surface area contributed by atoms with Crippen molar-refractivity contribution in [2.24, 2.45) is 0 Å². The Morgan fingerprint density at radius 3 is 2.16 bits per heavy atom. The van der Waals surface area contributed by atoms with Gasteiger partial charge in [0.15, 0.2) is 0 Å². The van der Waals surface area contributed by atoms with E-state index in [1.54, 1.807) is 0 Å². The second-order valence-electron chi connectivity index (χ2n) is 9.95. The van der Waals surface area contributed by atoms with Gasteiger partial charge in [-0.25, -0.2) is 0 Å². The van der Waals surface area contributed by atoms with Crippen LogP contribution in [0.1, 0.15) is 51.7 Å². The van der Waals surface area contributed by atoms with Crippen LogP contribution >= 0.6 is 0 Å². The van der Waals surface area contributed by atoms with E-state index in [9.17, 15) is 0 Å². The maximum absolute atomic E-state index is 4.71. The first-order chi connectivity index (χ1) is 14.9. The van der Waals surface area contributed by atoms with E-state index < -0.39 is 0 Å². The van der Waals surface area contributed by atoms with Gasteiger partial charge in [-0.1, -0.05) is 58.0 Å². The second kappa shape index (κ2) is 8.46. The molecule has 3 aromatic carbocycles. The third kappa shape index (κ3) is 3.89. The summed E-state index contributed by atoms with van der Waals surface area (Å²) in [7, 11) is 0. The Hall–Kier alpha value is -2.48. The van der Waals surface area contributed by atoms with Gasteiger partial charge in [0.1, 0.15) is 0 Å². The minimum absolute atomic E-state index is 0. The van der Waals surface area contributed by atoms with E-state index in [-0.39, 0.29) is 30.9 Å². The minimum Gasteiger partial charge on any atom is -0.339 e. The zero-order chi connectivity index (χ0) is 21.6. The normalized spacial score (nSPS) is 16.1. The molecule has 0 unspecified atom stereocenters. The number of aromatic nitrogens is 2. The maximum atomic E-state index is 4.71. The van der Waals surface area contributed by atoms with Crippen LogP contribution in [-0.2, 0) is 30.9 Å². The van der Waals surface area contributed by atoms with Crippen molar-refractivity contribution in [2.75, 3.05) is 0 Å². The average Bonchev–Trinajstić information content (AvgIpc) is 3.27. The fourth-order valence-corrected chi connectivity index (χ4v) is 4.88. The molecule has 0 atom stereocenters. The van der Waals surface area contributed by atoms with Gasteiger partial charge in [0.05, 0.1) is 5.82 Å². The molecule has 4 aromatic rings. The van der Waals surface area contributed by atoms with E-state index in [0.29, 0.717) is 0 Å². The molecule has 1 aliphatic rings. The number of fused-ring (bicyclic) bond motifs is 1. The molecule has 3 heteroatoms. The largest absolute Gasteiger partial charge is 0.339 e. The van der Waals surface area contributed by atoms with Gasteiger partial charge in [-0.05, 0) is 52.5 Å². The Morgan fingerprint density at radius 2 is 1.50 bits per heavy atom. The van der Waals surface area contributed by atoms with E-state index in [0.717, 1.165) is 11.4 Å². The number of rotatable bonds is 3. The zero-order valence-corrected chi connectivity index (χ0v) is 21.5. The first kappa shape index (κ1) is 22.7. The van der Waals surface area contributed by atoms with E-state index in [1.807, 2.05) is 24.4 Å².